The highest BCUT2D eigenvalue weighted by atomic mass is 16.5. The number of para-hydroxylation sites is 2. The van der Waals surface area contributed by atoms with Crippen molar-refractivity contribution in [2.45, 2.75) is 20.8 Å². The van der Waals surface area contributed by atoms with Crippen molar-refractivity contribution in [1.29, 1.82) is 0 Å². The molecular weight excluding hydrogens is 476 g/mol. The first-order chi connectivity index (χ1) is 18.5. The molecule has 0 atom stereocenters. The third-order valence-corrected chi connectivity index (χ3v) is 6.85. The zero-order chi connectivity index (χ0) is 26.4. The van der Waals surface area contributed by atoms with Gasteiger partial charge >= 0.3 is 0 Å². The molecule has 0 spiro atoms. The van der Waals surface area contributed by atoms with Gasteiger partial charge in [0.05, 0.1) is 29.6 Å². The van der Waals surface area contributed by atoms with E-state index >= 15 is 0 Å². The van der Waals surface area contributed by atoms with Crippen molar-refractivity contribution < 1.29 is 9.15 Å². The summed E-state index contributed by atoms with van der Waals surface area (Å²) in [5, 5.41) is 5.93. The molecule has 0 aliphatic rings. The summed E-state index contributed by atoms with van der Waals surface area (Å²) >= 11 is 0. The number of aromatic nitrogens is 3. The minimum Gasteiger partial charge on any atom is -0.496 e. The van der Waals surface area contributed by atoms with E-state index in [1.807, 2.05) is 54.6 Å². The second-order valence-electron chi connectivity index (χ2n) is 9.25. The van der Waals surface area contributed by atoms with Gasteiger partial charge in [0.1, 0.15) is 11.3 Å². The van der Waals surface area contributed by atoms with E-state index in [-0.39, 0.29) is 5.56 Å². The number of benzene rings is 3. The van der Waals surface area contributed by atoms with E-state index in [0.717, 1.165) is 28.0 Å². The van der Waals surface area contributed by atoms with E-state index in [2.05, 4.69) is 48.6 Å². The molecule has 0 bridgehead atoms. The number of hydrogen-bond donors (Lipinski definition) is 0. The third kappa shape index (κ3) is 3.80. The zero-order valence-corrected chi connectivity index (χ0v) is 21.6. The molecule has 0 unspecified atom stereocenters. The number of methoxy groups -OCH3 is 1. The Bertz CT molecular complexity index is 1920. The van der Waals surface area contributed by atoms with E-state index in [1.54, 1.807) is 19.4 Å². The fourth-order valence-corrected chi connectivity index (χ4v) is 4.94. The molecule has 3 heterocycles. The van der Waals surface area contributed by atoms with Crippen LogP contribution in [-0.4, -0.2) is 27.6 Å². The fraction of sp³-hybridized carbons (Fsp3) is 0.129. The molecule has 0 aliphatic heterocycles. The minimum atomic E-state index is -0.276. The van der Waals surface area contributed by atoms with E-state index in [0.29, 0.717) is 33.8 Å². The lowest BCUT2D eigenvalue weighted by atomic mass is 10.2. The van der Waals surface area contributed by atoms with Crippen molar-refractivity contribution in [3.63, 3.8) is 0 Å². The van der Waals surface area contributed by atoms with Gasteiger partial charge < -0.3 is 13.7 Å². The predicted molar refractivity (Wildman–Crippen MR) is 151 cm³/mol. The topological polar surface area (TPSA) is 74.6 Å². The predicted octanol–water partition coefficient (Wildman–Crippen LogP) is 6.42. The van der Waals surface area contributed by atoms with Crippen LogP contribution in [0.25, 0.3) is 39.1 Å². The summed E-state index contributed by atoms with van der Waals surface area (Å²) in [6.07, 6.45) is 1.71. The molecule has 0 N–H and O–H groups in total. The molecule has 38 heavy (non-hydrogen) atoms. The second kappa shape index (κ2) is 9.19. The molecule has 7 nitrogen and oxygen atoms in total. The summed E-state index contributed by atoms with van der Waals surface area (Å²) in [6.45, 7) is 6.21. The normalized spacial score (nSPS) is 11.7. The van der Waals surface area contributed by atoms with Gasteiger partial charge in [0, 0.05) is 22.6 Å². The van der Waals surface area contributed by atoms with Crippen LogP contribution in [0.5, 0.6) is 5.75 Å². The first-order valence-corrected chi connectivity index (χ1v) is 12.3. The van der Waals surface area contributed by atoms with Crippen LogP contribution in [0.2, 0.25) is 0 Å². The lowest BCUT2D eigenvalue weighted by molar-refractivity contribution is 0.419. The highest BCUT2D eigenvalue weighted by Crippen LogP contribution is 2.33. The maximum atomic E-state index is 13.6. The summed E-state index contributed by atoms with van der Waals surface area (Å²) in [4.78, 5) is 18.4. The van der Waals surface area contributed by atoms with Crippen LogP contribution in [0.15, 0.2) is 93.2 Å². The minimum absolute atomic E-state index is 0.276. The van der Waals surface area contributed by atoms with Crippen LogP contribution in [0.1, 0.15) is 22.5 Å². The molecule has 6 aromatic rings. The Balaban J connectivity index is 1.53. The molecule has 0 radical (unpaired) electrons. The SMILES string of the molecule is COc1cccc2oc(-c3nc4ccccc4c(=O)n3N=Cc3cc(C)n(-c4ccccc4C)c3C)cc12. The van der Waals surface area contributed by atoms with E-state index < -0.39 is 0 Å². The summed E-state index contributed by atoms with van der Waals surface area (Å²) in [7, 11) is 1.61. The molecule has 0 amide bonds. The first-order valence-electron chi connectivity index (χ1n) is 12.3. The first kappa shape index (κ1) is 23.5. The molecule has 0 saturated carbocycles. The van der Waals surface area contributed by atoms with Crippen molar-refractivity contribution in [3.8, 4) is 23.0 Å². The fourth-order valence-electron chi connectivity index (χ4n) is 4.94. The molecule has 0 fully saturated rings. The van der Waals surface area contributed by atoms with Gasteiger partial charge in [0.25, 0.3) is 5.56 Å². The Labute approximate surface area is 219 Å². The second-order valence-corrected chi connectivity index (χ2v) is 9.25. The third-order valence-electron chi connectivity index (χ3n) is 6.85. The highest BCUT2D eigenvalue weighted by Gasteiger charge is 2.18. The molecule has 7 heteroatoms. The molecule has 3 aromatic heterocycles. The number of hydrogen-bond acceptors (Lipinski definition) is 5. The Morgan fingerprint density at radius 1 is 0.921 bits per heavy atom. The van der Waals surface area contributed by atoms with Gasteiger partial charge in [-0.3, -0.25) is 4.79 Å². The van der Waals surface area contributed by atoms with Crippen LogP contribution in [0.3, 0.4) is 0 Å². The highest BCUT2D eigenvalue weighted by molar-refractivity contribution is 5.89. The van der Waals surface area contributed by atoms with Crippen molar-refractivity contribution in [1.82, 2.24) is 14.2 Å². The van der Waals surface area contributed by atoms with Gasteiger partial charge in [0.15, 0.2) is 5.76 Å². The van der Waals surface area contributed by atoms with E-state index in [4.69, 9.17) is 14.1 Å². The monoisotopic (exact) mass is 502 g/mol. The summed E-state index contributed by atoms with van der Waals surface area (Å²) in [5.74, 6) is 1.42. The van der Waals surface area contributed by atoms with Gasteiger partial charge in [-0.05, 0) is 68.8 Å². The van der Waals surface area contributed by atoms with E-state index in [1.165, 1.54) is 10.2 Å². The van der Waals surface area contributed by atoms with Crippen molar-refractivity contribution in [3.05, 3.63) is 112 Å². The Morgan fingerprint density at radius 3 is 2.53 bits per heavy atom. The van der Waals surface area contributed by atoms with Crippen molar-refractivity contribution in [2.75, 3.05) is 7.11 Å². The number of fused-ring (bicyclic) bond motifs is 2. The number of nitrogens with zero attached hydrogens (tertiary/aromatic N) is 4. The zero-order valence-electron chi connectivity index (χ0n) is 21.6. The summed E-state index contributed by atoms with van der Waals surface area (Å²) in [6, 6.07) is 25.0. The molecule has 6 rings (SSSR count). The number of ether oxygens (including phenoxy) is 1. The Morgan fingerprint density at radius 2 is 1.71 bits per heavy atom. The molecule has 0 saturated heterocycles. The van der Waals surface area contributed by atoms with Crippen molar-refractivity contribution in [2.24, 2.45) is 5.10 Å². The van der Waals surface area contributed by atoms with Gasteiger partial charge in [-0.2, -0.15) is 9.78 Å². The maximum absolute atomic E-state index is 13.6. The quantitative estimate of drug-likeness (QED) is 0.255. The lowest BCUT2D eigenvalue weighted by Gasteiger charge is -2.12. The summed E-state index contributed by atoms with van der Waals surface area (Å²) in [5.41, 5.74) is 6.23. The lowest BCUT2D eigenvalue weighted by Crippen LogP contribution is -2.20. The number of rotatable bonds is 5. The molecule has 0 aliphatic carbocycles. The van der Waals surface area contributed by atoms with E-state index in [9.17, 15) is 4.79 Å². The van der Waals surface area contributed by atoms with Gasteiger partial charge in [-0.1, -0.05) is 36.4 Å². The average molecular weight is 503 g/mol. The largest absolute Gasteiger partial charge is 0.496 e. The van der Waals surface area contributed by atoms with Crippen molar-refractivity contribution >= 4 is 28.1 Å². The Kier molecular flexibility index (Phi) is 5.68. The average Bonchev–Trinajstić information content (AvgIpc) is 3.48. The molecule has 3 aromatic carbocycles. The Hall–Kier alpha value is -4.91. The molecular formula is C31H26N4O3. The number of furan rings is 1. The van der Waals surface area contributed by atoms with Gasteiger partial charge in [0.2, 0.25) is 5.82 Å². The smallest absolute Gasteiger partial charge is 0.282 e. The van der Waals surface area contributed by atoms with Crippen LogP contribution < -0.4 is 10.3 Å². The number of aryl methyl sites for hydroxylation is 2. The van der Waals surface area contributed by atoms with Gasteiger partial charge in [-0.25, -0.2) is 4.98 Å². The van der Waals surface area contributed by atoms with Gasteiger partial charge in [-0.15, -0.1) is 0 Å². The molecule has 188 valence electrons. The summed E-state index contributed by atoms with van der Waals surface area (Å²) < 4.78 is 15.1. The standard InChI is InChI=1S/C31H26N4O3/c1-19-10-5-8-13-26(19)34-20(2)16-22(21(34)3)18-32-35-30(33-25-12-7-6-11-23(25)31(35)36)29-17-24-27(37-4)14-9-15-28(24)38-29/h5-18H,1-4H3. The van der Waals surface area contributed by atoms with Crippen LogP contribution in [0, 0.1) is 20.8 Å². The van der Waals surface area contributed by atoms with Crippen LogP contribution >= 0.6 is 0 Å². The van der Waals surface area contributed by atoms with Crippen LogP contribution in [-0.2, 0) is 0 Å². The van der Waals surface area contributed by atoms with Crippen LogP contribution in [0.4, 0.5) is 0 Å². The maximum Gasteiger partial charge on any atom is 0.282 e.